The first-order valence-electron chi connectivity index (χ1n) is 9.21. The van der Waals surface area contributed by atoms with Crippen LogP contribution in [-0.2, 0) is 14.3 Å². The van der Waals surface area contributed by atoms with Gasteiger partial charge >= 0.3 is 12.1 Å². The van der Waals surface area contributed by atoms with E-state index < -0.39 is 12.1 Å². The normalized spacial score (nSPS) is 11.6. The van der Waals surface area contributed by atoms with Gasteiger partial charge in [-0.2, -0.15) is 0 Å². The van der Waals surface area contributed by atoms with Crippen molar-refractivity contribution in [3.63, 3.8) is 0 Å². The van der Waals surface area contributed by atoms with E-state index in [1.165, 1.54) is 43.4 Å². The van der Waals surface area contributed by atoms with Crippen molar-refractivity contribution in [3.05, 3.63) is 12.7 Å². The second-order valence-electron chi connectivity index (χ2n) is 6.12. The van der Waals surface area contributed by atoms with E-state index in [2.05, 4.69) is 13.5 Å². The number of rotatable bonds is 14. The van der Waals surface area contributed by atoms with Gasteiger partial charge in [-0.05, 0) is 19.8 Å². The van der Waals surface area contributed by atoms with Gasteiger partial charge in [-0.15, -0.1) is 6.58 Å². The number of carbonyl (C=O) groups excluding carboxylic acids is 2. The molecule has 0 heterocycles. The number of nitrogens with zero attached hydrogens (tertiary/aromatic N) is 1. The number of hydrogen-bond acceptors (Lipinski definition) is 4. The molecular formula is C19H35NO4. The van der Waals surface area contributed by atoms with Gasteiger partial charge in [0.05, 0.1) is 13.2 Å². The molecule has 0 aromatic rings. The number of likely N-dealkylation sites (N-methyl/N-ethyl adjacent to an activating group) is 1. The summed E-state index contributed by atoms with van der Waals surface area (Å²) in [5.74, 6) is -0.388. The highest BCUT2D eigenvalue weighted by atomic mass is 16.6. The summed E-state index contributed by atoms with van der Waals surface area (Å²) in [4.78, 5) is 24.9. The topological polar surface area (TPSA) is 55.8 Å². The summed E-state index contributed by atoms with van der Waals surface area (Å²) in [5, 5.41) is 0. The van der Waals surface area contributed by atoms with Gasteiger partial charge in [-0.1, -0.05) is 57.9 Å². The van der Waals surface area contributed by atoms with E-state index in [0.29, 0.717) is 13.0 Å². The maximum atomic E-state index is 11.9. The second kappa shape index (κ2) is 15.0. The molecule has 140 valence electrons. The second-order valence-corrected chi connectivity index (χ2v) is 6.12. The standard InChI is InChI=1S/C19H35NO4/c1-5-7-9-10-11-12-13-14-16-23-18(21)17(3)20(4)19(22)24-15-8-6-2/h6,17H,2,5,7-16H2,1,3-4H3. The molecule has 24 heavy (non-hydrogen) atoms. The average molecular weight is 341 g/mol. The minimum atomic E-state index is -0.643. The molecule has 0 saturated carbocycles. The third kappa shape index (κ3) is 11.1. The van der Waals surface area contributed by atoms with Crippen molar-refractivity contribution in [1.29, 1.82) is 0 Å². The molecule has 0 aromatic carbocycles. The monoisotopic (exact) mass is 341 g/mol. The zero-order chi connectivity index (χ0) is 18.2. The van der Waals surface area contributed by atoms with Crippen LogP contribution in [0.15, 0.2) is 12.7 Å². The molecule has 0 radical (unpaired) electrons. The molecule has 0 aliphatic rings. The minimum Gasteiger partial charge on any atom is -0.464 e. The fourth-order valence-electron chi connectivity index (χ4n) is 2.18. The van der Waals surface area contributed by atoms with Crippen LogP contribution in [0.25, 0.3) is 0 Å². The van der Waals surface area contributed by atoms with Crippen molar-refractivity contribution in [2.45, 2.75) is 77.7 Å². The van der Waals surface area contributed by atoms with Crippen molar-refractivity contribution in [2.75, 3.05) is 20.3 Å². The van der Waals surface area contributed by atoms with E-state index in [1.54, 1.807) is 20.0 Å². The molecule has 1 atom stereocenters. The number of esters is 1. The quantitative estimate of drug-likeness (QED) is 0.261. The van der Waals surface area contributed by atoms with Crippen molar-refractivity contribution in [3.8, 4) is 0 Å². The van der Waals surface area contributed by atoms with Crippen LogP contribution >= 0.6 is 0 Å². The zero-order valence-corrected chi connectivity index (χ0v) is 15.7. The minimum absolute atomic E-state index is 0.271. The van der Waals surface area contributed by atoms with Gasteiger partial charge in [0.2, 0.25) is 0 Å². The molecule has 5 heteroatoms. The maximum Gasteiger partial charge on any atom is 0.410 e. The summed E-state index contributed by atoms with van der Waals surface area (Å²) in [6.07, 6.45) is 11.3. The highest BCUT2D eigenvalue weighted by molar-refractivity contribution is 5.80. The lowest BCUT2D eigenvalue weighted by molar-refractivity contribution is -0.148. The highest BCUT2D eigenvalue weighted by Gasteiger charge is 2.24. The maximum absolute atomic E-state index is 11.9. The summed E-state index contributed by atoms with van der Waals surface area (Å²) >= 11 is 0. The van der Waals surface area contributed by atoms with Crippen LogP contribution in [0.2, 0.25) is 0 Å². The van der Waals surface area contributed by atoms with E-state index in [4.69, 9.17) is 9.47 Å². The lowest BCUT2D eigenvalue weighted by Crippen LogP contribution is -2.41. The van der Waals surface area contributed by atoms with Crippen molar-refractivity contribution in [1.82, 2.24) is 4.90 Å². The number of hydrogen-bond donors (Lipinski definition) is 0. The molecule has 0 bridgehead atoms. The van der Waals surface area contributed by atoms with Crippen LogP contribution in [-0.4, -0.2) is 43.3 Å². The van der Waals surface area contributed by atoms with E-state index in [1.807, 2.05) is 0 Å². The molecule has 0 aromatic heterocycles. The molecule has 0 saturated heterocycles. The van der Waals surface area contributed by atoms with E-state index >= 15 is 0 Å². The predicted octanol–water partition coefficient (Wildman–Crippen LogP) is 4.70. The highest BCUT2D eigenvalue weighted by Crippen LogP contribution is 2.09. The third-order valence-electron chi connectivity index (χ3n) is 4.00. The van der Waals surface area contributed by atoms with Crippen molar-refractivity contribution in [2.24, 2.45) is 0 Å². The van der Waals surface area contributed by atoms with Crippen molar-refractivity contribution < 1.29 is 19.1 Å². The van der Waals surface area contributed by atoms with Crippen LogP contribution in [0.1, 0.15) is 71.6 Å². The Bertz CT molecular complexity index is 357. The molecule has 5 nitrogen and oxygen atoms in total. The van der Waals surface area contributed by atoms with Gasteiger partial charge in [0.25, 0.3) is 0 Å². The molecule has 0 spiro atoms. The molecule has 0 aliphatic heterocycles. The van der Waals surface area contributed by atoms with Gasteiger partial charge in [-0.3, -0.25) is 4.90 Å². The Hall–Kier alpha value is -1.52. The fourth-order valence-corrected chi connectivity index (χ4v) is 2.18. The molecular weight excluding hydrogens is 306 g/mol. The molecule has 1 unspecified atom stereocenters. The largest absolute Gasteiger partial charge is 0.464 e. The Morgan fingerprint density at radius 3 is 2.17 bits per heavy atom. The Labute approximate surface area is 147 Å². The van der Waals surface area contributed by atoms with E-state index in [0.717, 1.165) is 12.8 Å². The smallest absolute Gasteiger partial charge is 0.410 e. The fraction of sp³-hybridized carbons (Fsp3) is 0.789. The zero-order valence-electron chi connectivity index (χ0n) is 15.7. The van der Waals surface area contributed by atoms with Crippen LogP contribution < -0.4 is 0 Å². The summed E-state index contributed by atoms with van der Waals surface area (Å²) in [5.41, 5.74) is 0. The van der Waals surface area contributed by atoms with Gasteiger partial charge in [0, 0.05) is 7.05 Å². The first-order chi connectivity index (χ1) is 11.5. The average Bonchev–Trinajstić information content (AvgIpc) is 2.58. The number of ether oxygens (including phenoxy) is 2. The lowest BCUT2D eigenvalue weighted by Gasteiger charge is -2.22. The molecule has 0 aliphatic carbocycles. The van der Waals surface area contributed by atoms with Crippen LogP contribution in [0.5, 0.6) is 0 Å². The summed E-state index contributed by atoms with van der Waals surface area (Å²) in [6.45, 7) is 8.10. The van der Waals surface area contributed by atoms with Crippen LogP contribution in [0.3, 0.4) is 0 Å². The predicted molar refractivity (Wildman–Crippen MR) is 97.0 cm³/mol. The lowest BCUT2D eigenvalue weighted by atomic mass is 10.1. The molecule has 0 fully saturated rings. The van der Waals surface area contributed by atoms with Gasteiger partial charge in [0.15, 0.2) is 0 Å². The van der Waals surface area contributed by atoms with Crippen molar-refractivity contribution >= 4 is 12.1 Å². The van der Waals surface area contributed by atoms with E-state index in [-0.39, 0.29) is 12.6 Å². The Morgan fingerprint density at radius 1 is 1.00 bits per heavy atom. The Morgan fingerprint density at radius 2 is 1.58 bits per heavy atom. The Kier molecular flexibility index (Phi) is 14.1. The first kappa shape index (κ1) is 22.5. The number of carbonyl (C=O) groups is 2. The van der Waals surface area contributed by atoms with Gasteiger partial charge in [-0.25, -0.2) is 9.59 Å². The Balaban J connectivity index is 3.74. The van der Waals surface area contributed by atoms with Gasteiger partial charge in [0.1, 0.15) is 6.04 Å². The van der Waals surface area contributed by atoms with Crippen LogP contribution in [0, 0.1) is 0 Å². The molecule has 0 N–H and O–H groups in total. The number of unbranched alkanes of at least 4 members (excludes halogenated alkanes) is 7. The first-order valence-corrected chi connectivity index (χ1v) is 9.21. The SMILES string of the molecule is C=CCCOC(=O)N(C)C(C)C(=O)OCCCCCCCCCC. The molecule has 0 rings (SSSR count). The molecule has 1 amide bonds. The third-order valence-corrected chi connectivity index (χ3v) is 4.00. The van der Waals surface area contributed by atoms with Crippen LogP contribution in [0.4, 0.5) is 4.79 Å². The van der Waals surface area contributed by atoms with Gasteiger partial charge < -0.3 is 9.47 Å². The summed E-state index contributed by atoms with van der Waals surface area (Å²) in [6, 6.07) is -0.643. The summed E-state index contributed by atoms with van der Waals surface area (Å²) in [7, 11) is 1.54. The number of amides is 1. The summed E-state index contributed by atoms with van der Waals surface area (Å²) < 4.78 is 10.3. The van der Waals surface area contributed by atoms with E-state index in [9.17, 15) is 9.59 Å².